The van der Waals surface area contributed by atoms with Crippen molar-refractivity contribution in [3.63, 3.8) is 0 Å². The molecule has 0 atom stereocenters. The summed E-state index contributed by atoms with van der Waals surface area (Å²) < 4.78 is 0.797. The van der Waals surface area contributed by atoms with Crippen LogP contribution in [0.4, 0.5) is 5.69 Å². The molecule has 0 spiro atoms. The van der Waals surface area contributed by atoms with E-state index in [1.165, 1.54) is 12.1 Å². The summed E-state index contributed by atoms with van der Waals surface area (Å²) in [5.74, 6) is -0.612. The Balaban J connectivity index is 2.12. The minimum atomic E-state index is -0.584. The minimum absolute atomic E-state index is 0.129. The van der Waals surface area contributed by atoms with E-state index in [9.17, 15) is 20.0 Å². The SMILES string of the molecule is Cc1ccc(C(=O)NN=Cc2cc([N+](=O)[O-])ccc2O)cc1Br. The molecule has 2 N–H and O–H groups in total. The maximum Gasteiger partial charge on any atom is 0.271 e. The van der Waals surface area contributed by atoms with Gasteiger partial charge in [-0.1, -0.05) is 22.0 Å². The predicted octanol–water partition coefficient (Wildman–Crippen LogP) is 3.14. The number of halogens is 1. The largest absolute Gasteiger partial charge is 0.507 e. The average molecular weight is 378 g/mol. The maximum atomic E-state index is 11.9. The lowest BCUT2D eigenvalue weighted by molar-refractivity contribution is -0.384. The number of phenols is 1. The van der Waals surface area contributed by atoms with E-state index >= 15 is 0 Å². The molecule has 0 bridgehead atoms. The fourth-order valence-electron chi connectivity index (χ4n) is 1.72. The molecular formula is C15H12BrN3O4. The van der Waals surface area contributed by atoms with Gasteiger partial charge in [0, 0.05) is 27.7 Å². The number of amides is 1. The van der Waals surface area contributed by atoms with E-state index in [-0.39, 0.29) is 17.0 Å². The Morgan fingerprint density at radius 1 is 1.35 bits per heavy atom. The van der Waals surface area contributed by atoms with Gasteiger partial charge < -0.3 is 5.11 Å². The summed E-state index contributed by atoms with van der Waals surface area (Å²) in [5.41, 5.74) is 3.64. The van der Waals surface area contributed by atoms with Crippen LogP contribution >= 0.6 is 15.9 Å². The monoisotopic (exact) mass is 377 g/mol. The molecular weight excluding hydrogens is 366 g/mol. The smallest absolute Gasteiger partial charge is 0.271 e. The van der Waals surface area contributed by atoms with Crippen LogP contribution in [0.15, 0.2) is 46.0 Å². The van der Waals surface area contributed by atoms with Gasteiger partial charge in [-0.15, -0.1) is 0 Å². The first kappa shape index (κ1) is 16.6. The first-order valence-electron chi connectivity index (χ1n) is 6.45. The molecule has 1 amide bonds. The molecule has 0 aliphatic heterocycles. The molecule has 2 aromatic carbocycles. The Hall–Kier alpha value is -2.74. The number of nitrogens with zero attached hydrogens (tertiary/aromatic N) is 2. The summed E-state index contributed by atoms with van der Waals surface area (Å²) >= 11 is 3.33. The van der Waals surface area contributed by atoms with Gasteiger partial charge >= 0.3 is 0 Å². The number of carbonyl (C=O) groups is 1. The van der Waals surface area contributed by atoms with Crippen LogP contribution in [0.25, 0.3) is 0 Å². The van der Waals surface area contributed by atoms with Gasteiger partial charge in [-0.3, -0.25) is 14.9 Å². The first-order valence-corrected chi connectivity index (χ1v) is 7.25. The number of hydrazone groups is 1. The fourth-order valence-corrected chi connectivity index (χ4v) is 2.10. The minimum Gasteiger partial charge on any atom is -0.507 e. The van der Waals surface area contributed by atoms with Crippen LogP contribution in [0.2, 0.25) is 0 Å². The van der Waals surface area contributed by atoms with Gasteiger partial charge in [-0.2, -0.15) is 5.10 Å². The molecule has 23 heavy (non-hydrogen) atoms. The van der Waals surface area contributed by atoms with E-state index in [1.54, 1.807) is 18.2 Å². The van der Waals surface area contributed by atoms with Crippen LogP contribution in [0, 0.1) is 17.0 Å². The van der Waals surface area contributed by atoms with Crippen LogP contribution < -0.4 is 5.43 Å². The van der Waals surface area contributed by atoms with Crippen molar-refractivity contribution >= 4 is 33.7 Å². The van der Waals surface area contributed by atoms with Crippen molar-refractivity contribution in [2.75, 3.05) is 0 Å². The van der Waals surface area contributed by atoms with E-state index in [0.29, 0.717) is 5.56 Å². The first-order chi connectivity index (χ1) is 10.9. The molecule has 0 fully saturated rings. The molecule has 0 heterocycles. The topological polar surface area (TPSA) is 105 Å². The van der Waals surface area contributed by atoms with Crippen LogP contribution in [-0.4, -0.2) is 22.2 Å². The molecule has 8 heteroatoms. The number of aromatic hydroxyl groups is 1. The van der Waals surface area contributed by atoms with Gasteiger partial charge in [0.05, 0.1) is 11.1 Å². The van der Waals surface area contributed by atoms with Gasteiger partial charge in [-0.25, -0.2) is 5.43 Å². The number of nitro benzene ring substituents is 1. The number of hydrogen-bond acceptors (Lipinski definition) is 5. The second kappa shape index (κ2) is 7.01. The summed E-state index contributed by atoms with van der Waals surface area (Å²) in [6, 6.07) is 8.62. The van der Waals surface area contributed by atoms with Crippen molar-refractivity contribution in [1.82, 2.24) is 5.43 Å². The van der Waals surface area contributed by atoms with Gasteiger partial charge in [0.15, 0.2) is 0 Å². The number of carbonyl (C=O) groups excluding carboxylic acids is 1. The summed E-state index contributed by atoms with van der Waals surface area (Å²) in [4.78, 5) is 22.1. The van der Waals surface area contributed by atoms with E-state index in [4.69, 9.17) is 0 Å². The molecule has 0 aliphatic carbocycles. The van der Waals surface area contributed by atoms with Crippen molar-refractivity contribution in [3.05, 3.63) is 67.7 Å². The Labute approximate surface area is 139 Å². The van der Waals surface area contributed by atoms with E-state index < -0.39 is 10.8 Å². The highest BCUT2D eigenvalue weighted by molar-refractivity contribution is 9.10. The summed E-state index contributed by atoms with van der Waals surface area (Å²) in [7, 11) is 0. The third kappa shape index (κ3) is 4.13. The third-order valence-corrected chi connectivity index (χ3v) is 3.88. The summed E-state index contributed by atoms with van der Waals surface area (Å²) in [6.45, 7) is 1.90. The molecule has 0 aliphatic rings. The molecule has 0 saturated heterocycles. The van der Waals surface area contributed by atoms with Crippen molar-refractivity contribution in [1.29, 1.82) is 0 Å². The fraction of sp³-hybridized carbons (Fsp3) is 0.0667. The van der Waals surface area contributed by atoms with Crippen molar-refractivity contribution in [2.24, 2.45) is 5.10 Å². The maximum absolute atomic E-state index is 11.9. The zero-order chi connectivity index (χ0) is 17.0. The number of benzene rings is 2. The molecule has 0 aromatic heterocycles. The molecule has 118 valence electrons. The Bertz CT molecular complexity index is 805. The standard InChI is InChI=1S/C15H12BrN3O4/c1-9-2-3-10(7-13(9)16)15(21)18-17-8-11-6-12(19(22)23)4-5-14(11)20/h2-8,20H,1H3,(H,18,21). The average Bonchev–Trinajstić information content (AvgIpc) is 2.51. The van der Waals surface area contributed by atoms with Crippen LogP contribution in [0.3, 0.4) is 0 Å². The number of non-ortho nitro benzene ring substituents is 1. The number of nitro groups is 1. The number of phenolic OH excluding ortho intramolecular Hbond substituents is 1. The lowest BCUT2D eigenvalue weighted by Crippen LogP contribution is -2.17. The summed E-state index contributed by atoms with van der Waals surface area (Å²) in [6.07, 6.45) is 1.14. The third-order valence-electron chi connectivity index (χ3n) is 3.03. The molecule has 0 unspecified atom stereocenters. The highest BCUT2D eigenvalue weighted by Crippen LogP contribution is 2.21. The predicted molar refractivity (Wildman–Crippen MR) is 88.7 cm³/mol. The number of rotatable bonds is 4. The number of aryl methyl sites for hydroxylation is 1. The summed E-state index contributed by atoms with van der Waals surface area (Å²) in [5, 5.41) is 24.0. The normalized spacial score (nSPS) is 10.7. The highest BCUT2D eigenvalue weighted by atomic mass is 79.9. The van der Waals surface area contributed by atoms with Crippen molar-refractivity contribution in [3.8, 4) is 5.75 Å². The van der Waals surface area contributed by atoms with E-state index in [0.717, 1.165) is 22.3 Å². The van der Waals surface area contributed by atoms with E-state index in [1.807, 2.05) is 6.92 Å². The lowest BCUT2D eigenvalue weighted by atomic mass is 10.1. The van der Waals surface area contributed by atoms with E-state index in [2.05, 4.69) is 26.5 Å². The van der Waals surface area contributed by atoms with Crippen LogP contribution in [0.5, 0.6) is 5.75 Å². The highest BCUT2D eigenvalue weighted by Gasteiger charge is 2.09. The second-order valence-corrected chi connectivity index (χ2v) is 5.52. The molecule has 7 nitrogen and oxygen atoms in total. The van der Waals surface area contributed by atoms with Gasteiger partial charge in [0.1, 0.15) is 5.75 Å². The molecule has 0 radical (unpaired) electrons. The van der Waals surface area contributed by atoms with Gasteiger partial charge in [0.2, 0.25) is 0 Å². The quantitative estimate of drug-likeness (QED) is 0.484. The Morgan fingerprint density at radius 2 is 2.09 bits per heavy atom. The Morgan fingerprint density at radius 3 is 2.74 bits per heavy atom. The van der Waals surface area contributed by atoms with Crippen molar-refractivity contribution in [2.45, 2.75) is 6.92 Å². The second-order valence-electron chi connectivity index (χ2n) is 4.66. The van der Waals surface area contributed by atoms with Gasteiger partial charge in [0.25, 0.3) is 11.6 Å². The number of nitrogens with one attached hydrogen (secondary N) is 1. The molecule has 2 aromatic rings. The zero-order valence-corrected chi connectivity index (χ0v) is 13.6. The van der Waals surface area contributed by atoms with Crippen LogP contribution in [0.1, 0.15) is 21.5 Å². The van der Waals surface area contributed by atoms with Crippen LogP contribution in [-0.2, 0) is 0 Å². The van der Waals surface area contributed by atoms with Gasteiger partial charge in [-0.05, 0) is 30.7 Å². The zero-order valence-electron chi connectivity index (χ0n) is 12.0. The lowest BCUT2D eigenvalue weighted by Gasteiger charge is -2.03. The molecule has 2 rings (SSSR count). The molecule has 0 saturated carbocycles. The number of hydrogen-bond donors (Lipinski definition) is 2. The Kier molecular flexibility index (Phi) is 5.07. The van der Waals surface area contributed by atoms with Crippen molar-refractivity contribution < 1.29 is 14.8 Å².